The van der Waals surface area contributed by atoms with E-state index < -0.39 is 23.7 Å². The lowest BCUT2D eigenvalue weighted by Crippen LogP contribution is -2.32. The van der Waals surface area contributed by atoms with Crippen LogP contribution in [-0.4, -0.2) is 53.7 Å². The number of aryl methyl sites for hydroxylation is 1. The molecule has 2 aromatic rings. The molecule has 1 aliphatic rings. The van der Waals surface area contributed by atoms with Gasteiger partial charge in [-0.25, -0.2) is 0 Å². The largest absolute Gasteiger partial charge is 0.491 e. The minimum atomic E-state index is -1.12. The molecule has 1 amide bonds. The van der Waals surface area contributed by atoms with Crippen molar-refractivity contribution in [1.82, 2.24) is 9.88 Å². The number of likely N-dealkylation sites (tertiary alicyclic amines) is 1. The van der Waals surface area contributed by atoms with Gasteiger partial charge >= 0.3 is 0 Å². The summed E-state index contributed by atoms with van der Waals surface area (Å²) in [6, 6.07) is 7.94. The van der Waals surface area contributed by atoms with Gasteiger partial charge in [0.2, 0.25) is 5.78 Å². The third-order valence-corrected chi connectivity index (χ3v) is 5.28. The van der Waals surface area contributed by atoms with Crippen LogP contribution in [0.15, 0.2) is 42.7 Å². The Morgan fingerprint density at radius 1 is 1.23 bits per heavy atom. The minimum absolute atomic E-state index is 0.00454. The molecule has 164 valence electrons. The molecule has 7 nitrogen and oxygen atoms in total. The summed E-state index contributed by atoms with van der Waals surface area (Å²) in [5, 5.41) is 0. The molecule has 1 saturated heterocycles. The summed E-state index contributed by atoms with van der Waals surface area (Å²) in [7, 11) is 1.58. The number of hydrogen-bond acceptors (Lipinski definition) is 6. The van der Waals surface area contributed by atoms with Gasteiger partial charge in [-0.15, -0.1) is 0 Å². The number of hydrogen-bond donors (Lipinski definition) is 0. The van der Waals surface area contributed by atoms with E-state index in [0.717, 1.165) is 5.56 Å². The van der Waals surface area contributed by atoms with Gasteiger partial charge in [0.25, 0.3) is 5.91 Å². The number of benzene rings is 1. The van der Waals surface area contributed by atoms with Crippen LogP contribution in [-0.2, 0) is 14.3 Å². The van der Waals surface area contributed by atoms with Gasteiger partial charge in [0.1, 0.15) is 11.7 Å². The lowest BCUT2D eigenvalue weighted by molar-refractivity contribution is -0.140. The third-order valence-electron chi connectivity index (χ3n) is 5.28. The van der Waals surface area contributed by atoms with E-state index >= 15 is 0 Å². The van der Waals surface area contributed by atoms with Gasteiger partial charge in [0.15, 0.2) is 5.78 Å². The molecule has 0 saturated carbocycles. The topological polar surface area (TPSA) is 85.8 Å². The minimum Gasteiger partial charge on any atom is -0.491 e. The van der Waals surface area contributed by atoms with Crippen molar-refractivity contribution in [3.63, 3.8) is 0 Å². The molecule has 0 spiro atoms. The molecule has 0 bridgehead atoms. The van der Waals surface area contributed by atoms with E-state index in [1.807, 2.05) is 20.8 Å². The van der Waals surface area contributed by atoms with Crippen LogP contribution in [0.4, 0.5) is 0 Å². The van der Waals surface area contributed by atoms with Crippen LogP contribution in [0.5, 0.6) is 5.75 Å². The molecule has 7 heteroatoms. The molecular weight excluding hydrogens is 396 g/mol. The molecule has 1 fully saturated rings. The number of rotatable bonds is 9. The first kappa shape index (κ1) is 22.6. The zero-order valence-electron chi connectivity index (χ0n) is 18.3. The van der Waals surface area contributed by atoms with Gasteiger partial charge in [-0.1, -0.05) is 6.07 Å². The molecule has 0 aliphatic carbocycles. The smallest absolute Gasteiger partial charge is 0.291 e. The summed E-state index contributed by atoms with van der Waals surface area (Å²) in [5.41, 5.74) is 1.84. The summed E-state index contributed by atoms with van der Waals surface area (Å²) < 4.78 is 10.8. The van der Waals surface area contributed by atoms with Crippen LogP contribution < -0.4 is 4.74 Å². The number of aromatic nitrogens is 1. The summed E-state index contributed by atoms with van der Waals surface area (Å²) in [4.78, 5) is 44.8. The van der Waals surface area contributed by atoms with Crippen molar-refractivity contribution in [3.8, 4) is 5.75 Å². The molecule has 3 rings (SSSR count). The number of carbonyl (C=O) groups is 3. The first-order valence-corrected chi connectivity index (χ1v) is 10.4. The van der Waals surface area contributed by atoms with E-state index in [1.165, 1.54) is 4.90 Å². The zero-order chi connectivity index (χ0) is 22.5. The number of amides is 1. The normalized spacial score (nSPS) is 18.7. The van der Waals surface area contributed by atoms with Gasteiger partial charge in [0.05, 0.1) is 12.1 Å². The second kappa shape index (κ2) is 9.83. The Morgan fingerprint density at radius 3 is 2.61 bits per heavy atom. The van der Waals surface area contributed by atoms with Crippen molar-refractivity contribution in [3.05, 3.63) is 59.4 Å². The lowest BCUT2D eigenvalue weighted by Gasteiger charge is -2.27. The Kier molecular flexibility index (Phi) is 7.17. The van der Waals surface area contributed by atoms with E-state index in [9.17, 15) is 14.4 Å². The Balaban J connectivity index is 1.96. The van der Waals surface area contributed by atoms with Crippen LogP contribution in [0.25, 0.3) is 0 Å². The van der Waals surface area contributed by atoms with Crippen molar-refractivity contribution >= 4 is 17.5 Å². The quantitative estimate of drug-likeness (QED) is 0.266. The highest BCUT2D eigenvalue weighted by molar-refractivity contribution is 6.44. The predicted octanol–water partition coefficient (Wildman–Crippen LogP) is 3.17. The van der Waals surface area contributed by atoms with E-state index in [0.29, 0.717) is 36.4 Å². The van der Waals surface area contributed by atoms with E-state index in [2.05, 4.69) is 4.98 Å². The molecule has 31 heavy (non-hydrogen) atoms. The van der Waals surface area contributed by atoms with Crippen LogP contribution >= 0.6 is 0 Å². The zero-order valence-corrected chi connectivity index (χ0v) is 18.3. The van der Waals surface area contributed by atoms with Gasteiger partial charge in [0, 0.05) is 38.2 Å². The molecule has 1 aliphatic heterocycles. The number of nitrogens with zero attached hydrogens (tertiary/aromatic N) is 2. The van der Waals surface area contributed by atoms with Crippen LogP contribution in [0.2, 0.25) is 0 Å². The maximum absolute atomic E-state index is 13.5. The fourth-order valence-corrected chi connectivity index (χ4v) is 3.90. The maximum atomic E-state index is 13.5. The second-order valence-electron chi connectivity index (χ2n) is 7.93. The fraction of sp³-hybridized carbons (Fsp3) is 0.417. The average molecular weight is 424 g/mol. The Labute approximate surface area is 182 Å². The van der Waals surface area contributed by atoms with Crippen LogP contribution in [0.1, 0.15) is 47.8 Å². The Bertz CT molecular complexity index is 958. The molecule has 1 aromatic carbocycles. The van der Waals surface area contributed by atoms with Crippen molar-refractivity contribution in [1.29, 1.82) is 0 Å². The fourth-order valence-electron chi connectivity index (χ4n) is 3.90. The molecule has 0 N–H and O–H groups in total. The van der Waals surface area contributed by atoms with Crippen molar-refractivity contribution in [2.24, 2.45) is 5.92 Å². The number of ketones is 2. The van der Waals surface area contributed by atoms with Crippen molar-refractivity contribution < 1.29 is 23.9 Å². The van der Waals surface area contributed by atoms with Gasteiger partial charge in [-0.3, -0.25) is 19.4 Å². The predicted molar refractivity (Wildman–Crippen MR) is 115 cm³/mol. The summed E-state index contributed by atoms with van der Waals surface area (Å²) in [6.07, 6.45) is 3.79. The molecule has 0 radical (unpaired) electrons. The first-order chi connectivity index (χ1) is 14.8. The Hall–Kier alpha value is -3.06. The highest BCUT2D eigenvalue weighted by Gasteiger charge is 2.51. The van der Waals surface area contributed by atoms with Crippen LogP contribution in [0, 0.1) is 12.8 Å². The SMILES string of the molecule is COCCCN1C(=O)C(=O)C(C(=O)c2ccc(OC(C)C)c(C)c2)C1c1cccnc1. The van der Waals surface area contributed by atoms with E-state index in [1.54, 1.807) is 49.8 Å². The van der Waals surface area contributed by atoms with E-state index in [4.69, 9.17) is 9.47 Å². The van der Waals surface area contributed by atoms with Gasteiger partial charge in [-0.2, -0.15) is 0 Å². The number of Topliss-reactive ketones (excluding diaryl/α,β-unsaturated/α-hetero) is 2. The summed E-state index contributed by atoms with van der Waals surface area (Å²) in [6.45, 7) is 6.48. The molecule has 1 aromatic heterocycles. The lowest BCUT2D eigenvalue weighted by atomic mass is 9.86. The summed E-state index contributed by atoms with van der Waals surface area (Å²) >= 11 is 0. The number of pyridine rings is 1. The monoisotopic (exact) mass is 424 g/mol. The maximum Gasteiger partial charge on any atom is 0.291 e. The van der Waals surface area contributed by atoms with E-state index in [-0.39, 0.29) is 11.9 Å². The summed E-state index contributed by atoms with van der Waals surface area (Å²) in [5.74, 6) is -2.13. The average Bonchev–Trinajstić information content (AvgIpc) is 3.00. The number of methoxy groups -OCH3 is 1. The second-order valence-corrected chi connectivity index (χ2v) is 7.93. The van der Waals surface area contributed by atoms with Gasteiger partial charge < -0.3 is 14.4 Å². The standard InChI is InChI=1S/C24H28N2O5/c1-15(2)31-19-9-8-17(13-16(19)3)22(27)20-21(18-7-5-10-25-14-18)26(11-6-12-30-4)24(29)23(20)28/h5,7-10,13-15,20-21H,6,11-12H2,1-4H3. The third kappa shape index (κ3) is 4.82. The molecule has 2 unspecified atom stereocenters. The van der Waals surface area contributed by atoms with Crippen molar-refractivity contribution in [2.45, 2.75) is 39.3 Å². The number of carbonyl (C=O) groups excluding carboxylic acids is 3. The highest BCUT2D eigenvalue weighted by Crippen LogP contribution is 2.38. The number of ether oxygens (including phenoxy) is 2. The first-order valence-electron chi connectivity index (χ1n) is 10.4. The molecule has 2 heterocycles. The molecule has 2 atom stereocenters. The van der Waals surface area contributed by atoms with Crippen molar-refractivity contribution in [2.75, 3.05) is 20.3 Å². The highest BCUT2D eigenvalue weighted by atomic mass is 16.5. The van der Waals surface area contributed by atoms with Crippen LogP contribution in [0.3, 0.4) is 0 Å². The van der Waals surface area contributed by atoms with Gasteiger partial charge in [-0.05, 0) is 62.6 Å². The Morgan fingerprint density at radius 2 is 2.00 bits per heavy atom. The molecular formula is C24H28N2O5.